The molecule has 7 nitrogen and oxygen atoms in total. The second-order valence-electron chi connectivity index (χ2n) is 9.92. The SMILES string of the molecule is CCCNC(=O)[C@@H]1[C@H]2C(=O)N(CCCCCO)C(C(=O)Nc3c(C)cccc3C)C23CC[C@H]1S3. The van der Waals surface area contributed by atoms with E-state index in [0.29, 0.717) is 19.5 Å². The van der Waals surface area contributed by atoms with Crippen LogP contribution in [0.5, 0.6) is 0 Å². The maximum absolute atomic E-state index is 13.9. The standard InChI is InChI=1S/C26H37N3O4S/c1-4-13-27-23(31)19-18-11-12-26(34-18)20(19)25(33)29(14-6-5-7-15-30)22(26)24(32)28-21-16(2)9-8-10-17(21)3/h8-10,18-20,22,30H,4-7,11-15H2,1-3H3,(H,27,31)(H,28,32)/t18-,19+,20+,22?,26?/m1/s1. The minimum Gasteiger partial charge on any atom is -0.396 e. The Hall–Kier alpha value is -2.06. The zero-order valence-corrected chi connectivity index (χ0v) is 21.2. The van der Waals surface area contributed by atoms with Gasteiger partial charge in [0.25, 0.3) is 0 Å². The molecular formula is C26H37N3O4S. The van der Waals surface area contributed by atoms with Gasteiger partial charge in [-0.2, -0.15) is 0 Å². The molecule has 34 heavy (non-hydrogen) atoms. The van der Waals surface area contributed by atoms with E-state index in [4.69, 9.17) is 5.11 Å². The number of hydrogen-bond acceptors (Lipinski definition) is 5. The summed E-state index contributed by atoms with van der Waals surface area (Å²) in [6, 6.07) is 5.31. The first-order valence-electron chi connectivity index (χ1n) is 12.6. The van der Waals surface area contributed by atoms with Gasteiger partial charge in [-0.15, -0.1) is 11.8 Å². The summed E-state index contributed by atoms with van der Waals surface area (Å²) >= 11 is 1.70. The maximum atomic E-state index is 13.9. The van der Waals surface area contributed by atoms with E-state index in [1.54, 1.807) is 16.7 Å². The lowest BCUT2D eigenvalue weighted by Gasteiger charge is -2.34. The molecule has 3 aliphatic heterocycles. The van der Waals surface area contributed by atoms with Crippen LogP contribution in [0.15, 0.2) is 18.2 Å². The van der Waals surface area contributed by atoms with Gasteiger partial charge in [-0.3, -0.25) is 14.4 Å². The van der Waals surface area contributed by atoms with E-state index in [1.165, 1.54) is 0 Å². The number of thioether (sulfide) groups is 1. The van der Waals surface area contributed by atoms with Crippen LogP contribution in [0.1, 0.15) is 56.6 Å². The van der Waals surface area contributed by atoms with Crippen molar-refractivity contribution >= 4 is 35.2 Å². The number of hydrogen-bond donors (Lipinski definition) is 3. The van der Waals surface area contributed by atoms with Crippen molar-refractivity contribution in [1.82, 2.24) is 10.2 Å². The van der Waals surface area contributed by atoms with Crippen LogP contribution in [0.2, 0.25) is 0 Å². The number of nitrogens with one attached hydrogen (secondary N) is 2. The first kappa shape index (κ1) is 25.0. The number of unbranched alkanes of at least 4 members (excludes halogenated alkanes) is 2. The Morgan fingerprint density at radius 1 is 1.18 bits per heavy atom. The molecule has 1 aromatic carbocycles. The number of anilines is 1. The Balaban J connectivity index is 1.65. The fourth-order valence-electron chi connectivity index (χ4n) is 6.13. The number of likely N-dealkylation sites (tertiary alicyclic amines) is 1. The summed E-state index contributed by atoms with van der Waals surface area (Å²) in [6.45, 7) is 7.15. The maximum Gasteiger partial charge on any atom is 0.248 e. The number of carbonyl (C=O) groups is 3. The molecule has 3 N–H and O–H groups in total. The molecular weight excluding hydrogens is 450 g/mol. The molecule has 3 aliphatic rings. The highest BCUT2D eigenvalue weighted by Crippen LogP contribution is 2.66. The molecule has 1 aromatic rings. The number of para-hydroxylation sites is 1. The second kappa shape index (κ2) is 10.3. The average Bonchev–Trinajstić information content (AvgIpc) is 3.45. The number of aryl methyl sites for hydroxylation is 2. The molecule has 0 aromatic heterocycles. The number of carbonyl (C=O) groups excluding carboxylic acids is 3. The van der Waals surface area contributed by atoms with Crippen LogP contribution in [-0.2, 0) is 14.4 Å². The van der Waals surface area contributed by atoms with Gasteiger partial charge in [-0.1, -0.05) is 25.1 Å². The van der Waals surface area contributed by atoms with Gasteiger partial charge in [-0.25, -0.2) is 0 Å². The van der Waals surface area contributed by atoms with Crippen LogP contribution in [0.25, 0.3) is 0 Å². The molecule has 0 radical (unpaired) electrons. The zero-order valence-electron chi connectivity index (χ0n) is 20.4. The number of amides is 3. The molecule has 3 amide bonds. The Labute approximate surface area is 206 Å². The topological polar surface area (TPSA) is 98.7 Å². The first-order chi connectivity index (χ1) is 16.4. The number of nitrogens with zero attached hydrogens (tertiary/aromatic N) is 1. The number of aliphatic hydroxyl groups is 1. The van der Waals surface area contributed by atoms with Crippen molar-refractivity contribution < 1.29 is 19.5 Å². The van der Waals surface area contributed by atoms with E-state index >= 15 is 0 Å². The normalized spacial score (nSPS) is 29.4. The molecule has 2 bridgehead atoms. The lowest BCUT2D eigenvalue weighted by molar-refractivity contribution is -0.139. The molecule has 3 fully saturated rings. The quantitative estimate of drug-likeness (QED) is 0.441. The van der Waals surface area contributed by atoms with Crippen LogP contribution in [-0.4, -0.2) is 63.5 Å². The molecule has 0 aliphatic carbocycles. The van der Waals surface area contributed by atoms with Crippen molar-refractivity contribution in [2.24, 2.45) is 11.8 Å². The van der Waals surface area contributed by atoms with Crippen molar-refractivity contribution in [3.05, 3.63) is 29.3 Å². The molecule has 5 atom stereocenters. The summed E-state index contributed by atoms with van der Waals surface area (Å²) in [5.74, 6) is -1.10. The number of benzene rings is 1. The third-order valence-corrected chi connectivity index (χ3v) is 9.64. The summed E-state index contributed by atoms with van der Waals surface area (Å²) < 4.78 is -0.562. The van der Waals surface area contributed by atoms with Gasteiger partial charge in [-0.05, 0) is 63.5 Å². The number of rotatable bonds is 10. The molecule has 8 heteroatoms. The molecule has 3 heterocycles. The summed E-state index contributed by atoms with van der Waals surface area (Å²) in [5, 5.41) is 15.4. The molecule has 186 valence electrons. The minimum atomic E-state index is -0.600. The van der Waals surface area contributed by atoms with Crippen LogP contribution >= 0.6 is 11.8 Å². The second-order valence-corrected chi connectivity index (χ2v) is 11.5. The van der Waals surface area contributed by atoms with Crippen LogP contribution < -0.4 is 10.6 Å². The molecule has 3 saturated heterocycles. The Bertz CT molecular complexity index is 934. The number of fused-ring (bicyclic) bond motifs is 1. The summed E-state index contributed by atoms with van der Waals surface area (Å²) in [5.41, 5.74) is 2.78. The van der Waals surface area contributed by atoms with Gasteiger partial charge >= 0.3 is 0 Å². The summed E-state index contributed by atoms with van der Waals surface area (Å²) in [4.78, 5) is 42.6. The highest BCUT2D eigenvalue weighted by Gasteiger charge is 2.73. The van der Waals surface area contributed by atoms with Crippen molar-refractivity contribution in [3.63, 3.8) is 0 Å². The number of aliphatic hydroxyl groups excluding tert-OH is 1. The third-order valence-electron chi connectivity index (χ3n) is 7.69. The third kappa shape index (κ3) is 4.24. The van der Waals surface area contributed by atoms with Crippen LogP contribution in [0, 0.1) is 25.7 Å². The van der Waals surface area contributed by atoms with E-state index in [0.717, 1.165) is 48.9 Å². The lowest BCUT2D eigenvalue weighted by atomic mass is 9.70. The summed E-state index contributed by atoms with van der Waals surface area (Å²) in [7, 11) is 0. The van der Waals surface area contributed by atoms with E-state index in [-0.39, 0.29) is 35.5 Å². The monoisotopic (exact) mass is 487 g/mol. The van der Waals surface area contributed by atoms with Gasteiger partial charge in [0.1, 0.15) is 6.04 Å². The van der Waals surface area contributed by atoms with Crippen molar-refractivity contribution in [2.45, 2.75) is 75.3 Å². The predicted molar refractivity (Wildman–Crippen MR) is 135 cm³/mol. The molecule has 2 unspecified atom stereocenters. The fraction of sp³-hybridized carbons (Fsp3) is 0.654. The van der Waals surface area contributed by atoms with Crippen molar-refractivity contribution in [1.29, 1.82) is 0 Å². The lowest BCUT2D eigenvalue weighted by Crippen LogP contribution is -2.52. The molecule has 0 saturated carbocycles. The van der Waals surface area contributed by atoms with Gasteiger partial charge < -0.3 is 20.6 Å². The Morgan fingerprint density at radius 3 is 2.59 bits per heavy atom. The zero-order chi connectivity index (χ0) is 24.5. The van der Waals surface area contributed by atoms with Gasteiger partial charge in [0.15, 0.2) is 0 Å². The Morgan fingerprint density at radius 2 is 1.91 bits per heavy atom. The van der Waals surface area contributed by atoms with E-state index in [1.807, 2.05) is 39.0 Å². The fourth-order valence-corrected chi connectivity index (χ4v) is 8.35. The van der Waals surface area contributed by atoms with Gasteiger partial charge in [0.05, 0.1) is 16.6 Å². The highest BCUT2D eigenvalue weighted by atomic mass is 32.2. The van der Waals surface area contributed by atoms with E-state index < -0.39 is 16.7 Å². The first-order valence-corrected chi connectivity index (χ1v) is 13.5. The highest BCUT2D eigenvalue weighted by molar-refractivity contribution is 8.02. The van der Waals surface area contributed by atoms with Crippen LogP contribution in [0.4, 0.5) is 5.69 Å². The largest absolute Gasteiger partial charge is 0.396 e. The van der Waals surface area contributed by atoms with Gasteiger partial charge in [0.2, 0.25) is 17.7 Å². The van der Waals surface area contributed by atoms with Gasteiger partial charge in [0, 0.05) is 30.6 Å². The summed E-state index contributed by atoms with van der Waals surface area (Å²) in [6.07, 6.45) is 4.66. The van der Waals surface area contributed by atoms with E-state index in [2.05, 4.69) is 10.6 Å². The Kier molecular flexibility index (Phi) is 7.57. The molecule has 1 spiro atoms. The minimum absolute atomic E-state index is 0.0460. The smallest absolute Gasteiger partial charge is 0.248 e. The predicted octanol–water partition coefficient (Wildman–Crippen LogP) is 3.02. The van der Waals surface area contributed by atoms with Crippen LogP contribution in [0.3, 0.4) is 0 Å². The van der Waals surface area contributed by atoms with Crippen molar-refractivity contribution in [3.8, 4) is 0 Å². The average molecular weight is 488 g/mol. The van der Waals surface area contributed by atoms with E-state index in [9.17, 15) is 14.4 Å². The van der Waals surface area contributed by atoms with Crippen molar-refractivity contribution in [2.75, 3.05) is 25.0 Å². The molecule has 4 rings (SSSR count).